The normalized spacial score (nSPS) is 9.53. The SMILES string of the molecule is CC[C-](C)OC(=O)CC(C)=O.CC[C-](C)OC(=O)CC(C)=O.CC[C-](C)OC(=O)CC(C)=O.[Fe+3]. The summed E-state index contributed by atoms with van der Waals surface area (Å²) in [4.78, 5) is 63.5. The third kappa shape index (κ3) is 32.1. The van der Waals surface area contributed by atoms with E-state index < -0.39 is 17.9 Å². The van der Waals surface area contributed by atoms with E-state index in [9.17, 15) is 28.8 Å². The van der Waals surface area contributed by atoms with Crippen molar-refractivity contribution in [2.45, 2.75) is 101 Å². The van der Waals surface area contributed by atoms with Crippen LogP contribution < -0.4 is 0 Å². The molecule has 9 nitrogen and oxygen atoms in total. The van der Waals surface area contributed by atoms with Crippen LogP contribution in [0.25, 0.3) is 0 Å². The van der Waals surface area contributed by atoms with E-state index in [4.69, 9.17) is 14.2 Å². The Bertz CT molecular complexity index is 546. The van der Waals surface area contributed by atoms with Gasteiger partial charge in [0.1, 0.15) is 36.6 Å². The molecule has 0 heterocycles. The van der Waals surface area contributed by atoms with E-state index >= 15 is 0 Å². The molecule has 0 N–H and O–H groups in total. The molecule has 0 aromatic rings. The summed E-state index contributed by atoms with van der Waals surface area (Å²) >= 11 is 0. The van der Waals surface area contributed by atoms with Gasteiger partial charge in [-0.3, -0.25) is 28.8 Å². The molecular formula is C24H39FeO9. The number of rotatable bonds is 12. The number of Topliss-reactive ketones (excluding diaryl/α,β-unsaturated/α-hetero) is 3. The van der Waals surface area contributed by atoms with Gasteiger partial charge in [0.25, 0.3) is 17.9 Å². The fourth-order valence-corrected chi connectivity index (χ4v) is 1.52. The Labute approximate surface area is 214 Å². The molecule has 0 saturated heterocycles. The molecule has 0 fully saturated rings. The van der Waals surface area contributed by atoms with Gasteiger partial charge in [-0.1, -0.05) is 20.8 Å². The average molecular weight is 527 g/mol. The van der Waals surface area contributed by atoms with Gasteiger partial charge in [-0.05, 0) is 20.8 Å². The van der Waals surface area contributed by atoms with Crippen LogP contribution in [0.2, 0.25) is 0 Å². The monoisotopic (exact) mass is 527 g/mol. The van der Waals surface area contributed by atoms with Crippen molar-refractivity contribution >= 4 is 35.3 Å². The van der Waals surface area contributed by atoms with Crippen molar-refractivity contribution in [1.82, 2.24) is 0 Å². The van der Waals surface area contributed by atoms with E-state index in [1.807, 2.05) is 20.8 Å². The molecule has 0 bridgehead atoms. The van der Waals surface area contributed by atoms with Crippen LogP contribution in [0.1, 0.15) is 101 Å². The number of carbonyl (C=O) groups is 6. The van der Waals surface area contributed by atoms with Crippen LogP contribution in [0.5, 0.6) is 0 Å². The van der Waals surface area contributed by atoms with Crippen molar-refractivity contribution in [1.29, 1.82) is 0 Å². The van der Waals surface area contributed by atoms with Crippen molar-refractivity contribution in [2.75, 3.05) is 0 Å². The number of hydrogen-bond acceptors (Lipinski definition) is 9. The Balaban J connectivity index is -0.000000196. The molecule has 0 amide bonds. The zero-order valence-corrected chi connectivity index (χ0v) is 22.9. The topological polar surface area (TPSA) is 130 Å². The number of ketones is 3. The van der Waals surface area contributed by atoms with Crippen LogP contribution in [0.3, 0.4) is 0 Å². The standard InChI is InChI=1S/3C8H13O3.Fe/c3*1-4-7(3)11-8(10)5-6(2)9;/h3*4-5H2,1-3H3;/q3*-1;+3. The predicted molar refractivity (Wildman–Crippen MR) is 122 cm³/mol. The number of ether oxygens (including phenoxy) is 3. The van der Waals surface area contributed by atoms with Gasteiger partial charge >= 0.3 is 17.1 Å². The van der Waals surface area contributed by atoms with Crippen LogP contribution in [0.4, 0.5) is 0 Å². The van der Waals surface area contributed by atoms with Gasteiger partial charge in [0.05, 0.1) is 0 Å². The fourth-order valence-electron chi connectivity index (χ4n) is 1.52. The summed E-state index contributed by atoms with van der Waals surface area (Å²) in [5.74, 6) is -1.89. The first kappa shape index (κ1) is 39.2. The zero-order chi connectivity index (χ0) is 26.6. The van der Waals surface area contributed by atoms with Crippen LogP contribution in [-0.4, -0.2) is 35.3 Å². The van der Waals surface area contributed by atoms with Crippen molar-refractivity contribution in [3.05, 3.63) is 18.3 Å². The molecule has 0 saturated carbocycles. The molecule has 0 spiro atoms. The molecule has 0 aliphatic rings. The average Bonchev–Trinajstić information content (AvgIpc) is 2.66. The van der Waals surface area contributed by atoms with Gasteiger partial charge < -0.3 is 14.2 Å². The predicted octanol–water partition coefficient (Wildman–Crippen LogP) is 4.41. The second-order valence-corrected chi connectivity index (χ2v) is 7.23. The molecular weight excluding hydrogens is 488 g/mol. The quantitative estimate of drug-likeness (QED) is 0.119. The fraction of sp³-hybridized carbons (Fsp3) is 0.625. The van der Waals surface area contributed by atoms with E-state index in [0.29, 0.717) is 37.6 Å². The second-order valence-electron chi connectivity index (χ2n) is 7.23. The number of hydrogen-bond donors (Lipinski definition) is 0. The van der Waals surface area contributed by atoms with Gasteiger partial charge in [0.15, 0.2) is 0 Å². The van der Waals surface area contributed by atoms with E-state index in [1.165, 1.54) is 20.8 Å². The summed E-state index contributed by atoms with van der Waals surface area (Å²) in [6, 6.07) is 0. The number of carbonyl (C=O) groups excluding carboxylic acids is 6. The summed E-state index contributed by atoms with van der Waals surface area (Å²) in [5, 5.41) is 0. The minimum atomic E-state index is -0.461. The van der Waals surface area contributed by atoms with Gasteiger partial charge in [-0.25, -0.2) is 0 Å². The van der Waals surface area contributed by atoms with Crippen molar-refractivity contribution < 1.29 is 60.0 Å². The Kier molecular flexibility index (Phi) is 27.7. The van der Waals surface area contributed by atoms with E-state index in [-0.39, 0.29) is 53.7 Å². The molecule has 1 radical (unpaired) electrons. The molecule has 10 heteroatoms. The Hall–Kier alpha value is -2.06. The Morgan fingerprint density at radius 2 is 0.676 bits per heavy atom. The summed E-state index contributed by atoms with van der Waals surface area (Å²) in [5.41, 5.74) is 0. The maximum Gasteiger partial charge on any atom is 3.00 e. The molecule has 0 unspecified atom stereocenters. The summed E-state index contributed by atoms with van der Waals surface area (Å²) < 4.78 is 14.3. The second kappa shape index (κ2) is 24.1. The van der Waals surface area contributed by atoms with Crippen LogP contribution in [0.15, 0.2) is 0 Å². The minimum Gasteiger partial charge on any atom is -0.634 e. The zero-order valence-electron chi connectivity index (χ0n) is 21.8. The van der Waals surface area contributed by atoms with Crippen LogP contribution in [-0.2, 0) is 60.0 Å². The van der Waals surface area contributed by atoms with Gasteiger partial charge in [0, 0.05) is 0 Å². The Morgan fingerprint density at radius 1 is 0.500 bits per heavy atom. The first-order chi connectivity index (χ1) is 15.2. The summed E-state index contributed by atoms with van der Waals surface area (Å²) in [7, 11) is 0. The number of esters is 3. The summed E-state index contributed by atoms with van der Waals surface area (Å²) in [6.45, 7) is 14.9. The molecule has 0 aromatic carbocycles. The first-order valence-corrected chi connectivity index (χ1v) is 10.8. The van der Waals surface area contributed by atoms with E-state index in [1.54, 1.807) is 20.8 Å². The van der Waals surface area contributed by atoms with Crippen molar-refractivity contribution in [2.24, 2.45) is 0 Å². The van der Waals surface area contributed by atoms with E-state index in [2.05, 4.69) is 0 Å². The smallest absolute Gasteiger partial charge is 0.634 e. The molecule has 0 aliphatic heterocycles. The molecule has 0 aromatic heterocycles. The first-order valence-electron chi connectivity index (χ1n) is 10.8. The van der Waals surface area contributed by atoms with Crippen LogP contribution in [0, 0.1) is 18.3 Å². The largest absolute Gasteiger partial charge is 3.00 e. The molecule has 34 heavy (non-hydrogen) atoms. The molecule has 0 aliphatic carbocycles. The van der Waals surface area contributed by atoms with Gasteiger partial charge in [-0.15, -0.1) is 37.6 Å². The minimum absolute atomic E-state index is 0. The third-order valence-corrected chi connectivity index (χ3v) is 3.54. The van der Waals surface area contributed by atoms with Crippen molar-refractivity contribution in [3.8, 4) is 0 Å². The maximum absolute atomic E-state index is 10.8. The van der Waals surface area contributed by atoms with Crippen LogP contribution >= 0.6 is 0 Å². The Morgan fingerprint density at radius 3 is 0.794 bits per heavy atom. The van der Waals surface area contributed by atoms with Gasteiger partial charge in [-0.2, -0.15) is 20.8 Å². The third-order valence-electron chi connectivity index (χ3n) is 3.54. The maximum atomic E-state index is 10.8. The molecule has 0 atom stereocenters. The van der Waals surface area contributed by atoms with Gasteiger partial charge in [0.2, 0.25) is 0 Å². The molecule has 197 valence electrons. The van der Waals surface area contributed by atoms with Crippen molar-refractivity contribution in [3.63, 3.8) is 0 Å². The van der Waals surface area contributed by atoms with E-state index in [0.717, 1.165) is 0 Å². The summed E-state index contributed by atoms with van der Waals surface area (Å²) in [6.07, 6.45) is 3.66. The molecule has 0 rings (SSSR count).